The second-order valence-electron chi connectivity index (χ2n) is 9.33. The van der Waals surface area contributed by atoms with Crippen LogP contribution in [0.4, 0.5) is 10.1 Å². The molecule has 6 rings (SSSR count). The van der Waals surface area contributed by atoms with Gasteiger partial charge in [0, 0.05) is 50.5 Å². The first-order valence-corrected chi connectivity index (χ1v) is 12.7. The third kappa shape index (κ3) is 3.40. The lowest BCUT2D eigenvalue weighted by Crippen LogP contribution is -2.33. The number of sulfonamides is 1. The second-order valence-corrected chi connectivity index (χ2v) is 11.3. The van der Waals surface area contributed by atoms with Gasteiger partial charge in [-0.15, -0.1) is 0 Å². The molecule has 0 unspecified atom stereocenters. The standard InChI is InChI=1S/C24H25FN6O2S/c1-16-7-24-17(9-27-31(24)21-5-3-20(25)4-6-21)8-23(16)29-11-18-13-30(14-19(18)12-29)34(32,33)22-10-26-28(2)15-22/h3-10,15,18-19H,11-14H2,1-2H3/t18-,19+. The van der Waals surface area contributed by atoms with Crippen LogP contribution in [0.1, 0.15) is 5.56 Å². The number of rotatable bonds is 4. The first-order valence-electron chi connectivity index (χ1n) is 11.3. The molecule has 0 saturated carbocycles. The number of nitrogens with zero attached hydrogens (tertiary/aromatic N) is 6. The van der Waals surface area contributed by atoms with Crippen molar-refractivity contribution in [2.45, 2.75) is 11.8 Å². The molecular formula is C24H25FN6O2S. The van der Waals surface area contributed by atoms with Crippen molar-refractivity contribution in [1.82, 2.24) is 23.9 Å². The zero-order valence-corrected chi connectivity index (χ0v) is 19.8. The topological polar surface area (TPSA) is 76.3 Å². The summed E-state index contributed by atoms with van der Waals surface area (Å²) in [4.78, 5) is 2.62. The van der Waals surface area contributed by atoms with Crippen LogP contribution in [0.3, 0.4) is 0 Å². The summed E-state index contributed by atoms with van der Waals surface area (Å²) in [6.07, 6.45) is 4.81. The van der Waals surface area contributed by atoms with E-state index in [1.165, 1.54) is 23.0 Å². The minimum absolute atomic E-state index is 0.256. The fourth-order valence-electron chi connectivity index (χ4n) is 5.32. The highest BCUT2D eigenvalue weighted by molar-refractivity contribution is 7.89. The van der Waals surface area contributed by atoms with Crippen molar-refractivity contribution in [2.75, 3.05) is 31.1 Å². The molecule has 2 aromatic heterocycles. The largest absolute Gasteiger partial charge is 0.371 e. The maximum atomic E-state index is 13.3. The Morgan fingerprint density at radius 1 is 0.971 bits per heavy atom. The first-order chi connectivity index (χ1) is 16.3. The van der Waals surface area contributed by atoms with Crippen molar-refractivity contribution < 1.29 is 12.8 Å². The van der Waals surface area contributed by atoms with E-state index >= 15 is 0 Å². The second kappa shape index (κ2) is 7.64. The Morgan fingerprint density at radius 3 is 2.32 bits per heavy atom. The summed E-state index contributed by atoms with van der Waals surface area (Å²) < 4.78 is 44.3. The van der Waals surface area contributed by atoms with Gasteiger partial charge in [-0.1, -0.05) is 0 Å². The van der Waals surface area contributed by atoms with Crippen molar-refractivity contribution in [2.24, 2.45) is 18.9 Å². The van der Waals surface area contributed by atoms with Gasteiger partial charge in [0.1, 0.15) is 10.7 Å². The smallest absolute Gasteiger partial charge is 0.246 e. The number of hydrogen-bond acceptors (Lipinski definition) is 5. The summed E-state index contributed by atoms with van der Waals surface area (Å²) in [5, 5.41) is 9.56. The molecule has 0 amide bonds. The van der Waals surface area contributed by atoms with Crippen LogP contribution in [0.15, 0.2) is 59.9 Å². The highest BCUT2D eigenvalue weighted by Gasteiger charge is 2.44. The van der Waals surface area contributed by atoms with Crippen molar-refractivity contribution in [1.29, 1.82) is 0 Å². The van der Waals surface area contributed by atoms with Crippen LogP contribution < -0.4 is 4.90 Å². The van der Waals surface area contributed by atoms with Gasteiger partial charge in [0.05, 0.1) is 23.6 Å². The van der Waals surface area contributed by atoms with E-state index in [0.29, 0.717) is 24.9 Å². The van der Waals surface area contributed by atoms with Gasteiger partial charge in [-0.3, -0.25) is 4.68 Å². The van der Waals surface area contributed by atoms with E-state index in [0.717, 1.165) is 40.9 Å². The predicted octanol–water partition coefficient (Wildman–Crippen LogP) is 2.96. The predicted molar refractivity (Wildman–Crippen MR) is 127 cm³/mol. The van der Waals surface area contributed by atoms with Crippen molar-refractivity contribution in [3.8, 4) is 5.69 Å². The zero-order chi connectivity index (χ0) is 23.6. The minimum atomic E-state index is -3.51. The Balaban J connectivity index is 1.23. The quantitative estimate of drug-likeness (QED) is 0.449. The van der Waals surface area contributed by atoms with Gasteiger partial charge in [-0.25, -0.2) is 17.5 Å². The molecule has 10 heteroatoms. The van der Waals surface area contributed by atoms with Crippen LogP contribution >= 0.6 is 0 Å². The summed E-state index contributed by atoms with van der Waals surface area (Å²) >= 11 is 0. The van der Waals surface area contributed by atoms with Gasteiger partial charge in [0.2, 0.25) is 10.0 Å². The zero-order valence-electron chi connectivity index (χ0n) is 19.0. The van der Waals surface area contributed by atoms with E-state index < -0.39 is 10.0 Å². The van der Waals surface area contributed by atoms with Gasteiger partial charge >= 0.3 is 0 Å². The van der Waals surface area contributed by atoms with E-state index in [2.05, 4.69) is 34.2 Å². The molecule has 4 aromatic rings. The van der Waals surface area contributed by atoms with Crippen molar-refractivity contribution in [3.63, 3.8) is 0 Å². The van der Waals surface area contributed by atoms with Crippen LogP contribution in [-0.4, -0.2) is 58.5 Å². The van der Waals surface area contributed by atoms with E-state index in [4.69, 9.17) is 0 Å². The Kier molecular flexibility index (Phi) is 4.79. The molecule has 2 fully saturated rings. The molecule has 2 atom stereocenters. The number of benzene rings is 2. The summed E-state index contributed by atoms with van der Waals surface area (Å²) in [7, 11) is -1.79. The number of fused-ring (bicyclic) bond motifs is 2. The third-order valence-corrected chi connectivity index (χ3v) is 8.85. The maximum absolute atomic E-state index is 13.3. The monoisotopic (exact) mass is 480 g/mol. The maximum Gasteiger partial charge on any atom is 0.246 e. The van der Waals surface area contributed by atoms with Gasteiger partial charge in [-0.05, 0) is 60.7 Å². The van der Waals surface area contributed by atoms with Gasteiger partial charge in [0.15, 0.2) is 0 Å². The van der Waals surface area contributed by atoms with Crippen LogP contribution in [0.5, 0.6) is 0 Å². The molecule has 34 heavy (non-hydrogen) atoms. The van der Waals surface area contributed by atoms with E-state index in [-0.39, 0.29) is 10.7 Å². The normalized spacial score (nSPS) is 21.0. The average molecular weight is 481 g/mol. The van der Waals surface area contributed by atoms with Crippen LogP contribution in [-0.2, 0) is 17.1 Å². The van der Waals surface area contributed by atoms with Crippen LogP contribution in [0, 0.1) is 24.6 Å². The van der Waals surface area contributed by atoms with Crippen molar-refractivity contribution >= 4 is 26.6 Å². The highest BCUT2D eigenvalue weighted by Crippen LogP contribution is 2.38. The van der Waals surface area contributed by atoms with Crippen LogP contribution in [0.25, 0.3) is 16.6 Å². The number of halogens is 1. The molecule has 8 nitrogen and oxygen atoms in total. The molecule has 0 spiro atoms. The number of hydrogen-bond donors (Lipinski definition) is 0. The molecular weight excluding hydrogens is 455 g/mol. The number of aryl methyl sites for hydroxylation is 2. The summed E-state index contributed by atoms with van der Waals surface area (Å²) in [5.74, 6) is 0.317. The SMILES string of the molecule is Cc1cc2c(cnn2-c2ccc(F)cc2)cc1N1C[C@@H]2CN(S(=O)(=O)c3cnn(C)c3)C[C@@H]2C1. The molecule has 2 aliphatic rings. The van der Waals surface area contributed by atoms with Crippen LogP contribution in [0.2, 0.25) is 0 Å². The van der Waals surface area contributed by atoms with Crippen molar-refractivity contribution in [3.05, 3.63) is 66.4 Å². The Bertz CT molecular complexity index is 1480. The Morgan fingerprint density at radius 2 is 1.68 bits per heavy atom. The fraction of sp³-hybridized carbons (Fsp3) is 0.333. The lowest BCUT2D eigenvalue weighted by molar-refractivity contribution is 0.453. The molecule has 2 aromatic carbocycles. The summed E-state index contributed by atoms with van der Waals surface area (Å²) in [6.45, 7) is 4.79. The molecule has 4 heterocycles. The average Bonchev–Trinajstić information content (AvgIpc) is 3.56. The first kappa shape index (κ1) is 21.3. The highest BCUT2D eigenvalue weighted by atomic mass is 32.2. The van der Waals surface area contributed by atoms with E-state index in [1.54, 1.807) is 29.7 Å². The molecule has 0 bridgehead atoms. The third-order valence-electron chi connectivity index (χ3n) is 7.07. The summed E-state index contributed by atoms with van der Waals surface area (Å²) in [5.41, 5.74) is 4.08. The molecule has 0 aliphatic carbocycles. The number of aromatic nitrogens is 4. The van der Waals surface area contributed by atoms with E-state index in [9.17, 15) is 12.8 Å². The lowest BCUT2D eigenvalue weighted by Gasteiger charge is -2.24. The molecule has 176 valence electrons. The number of anilines is 1. The summed E-state index contributed by atoms with van der Waals surface area (Å²) in [6, 6.07) is 10.6. The Hall–Kier alpha value is -3.24. The Labute approximate surface area is 197 Å². The molecule has 2 aliphatic heterocycles. The van der Waals surface area contributed by atoms with E-state index in [1.807, 2.05) is 10.9 Å². The van der Waals surface area contributed by atoms with Gasteiger partial charge < -0.3 is 4.90 Å². The molecule has 0 radical (unpaired) electrons. The van der Waals surface area contributed by atoms with Gasteiger partial charge in [-0.2, -0.15) is 14.5 Å². The molecule has 2 saturated heterocycles. The van der Waals surface area contributed by atoms with Gasteiger partial charge in [0.25, 0.3) is 0 Å². The fourth-order valence-corrected chi connectivity index (χ4v) is 6.86. The molecule has 0 N–H and O–H groups in total. The minimum Gasteiger partial charge on any atom is -0.371 e. The lowest BCUT2D eigenvalue weighted by atomic mass is 10.0.